The Labute approximate surface area is 139 Å². The highest BCUT2D eigenvalue weighted by Crippen LogP contribution is 2.31. The summed E-state index contributed by atoms with van der Waals surface area (Å²) in [7, 11) is 1.66. The molecule has 0 aliphatic rings. The number of ether oxygens (including phenoxy) is 1. The van der Waals surface area contributed by atoms with Crippen LogP contribution >= 0.6 is 23.2 Å². The number of halogens is 2. The smallest absolute Gasteiger partial charge is 0.159 e. The van der Waals surface area contributed by atoms with Gasteiger partial charge in [0.05, 0.1) is 10.7 Å². The number of anilines is 4. The van der Waals surface area contributed by atoms with E-state index in [9.17, 15) is 0 Å². The summed E-state index contributed by atoms with van der Waals surface area (Å²) in [6.45, 7) is 1.37. The average Bonchev–Trinajstić information content (AvgIpc) is 2.50. The zero-order valence-electron chi connectivity index (χ0n) is 12.1. The third kappa shape index (κ3) is 4.37. The quantitative estimate of drug-likeness (QED) is 0.667. The number of nitrogens with zero attached hydrogens (tertiary/aromatic N) is 2. The van der Waals surface area contributed by atoms with Crippen molar-refractivity contribution < 1.29 is 4.74 Å². The number of rotatable bonds is 7. The lowest BCUT2D eigenvalue weighted by atomic mass is 10.3. The Bertz CT molecular complexity index is 639. The maximum Gasteiger partial charge on any atom is 0.159 e. The van der Waals surface area contributed by atoms with Gasteiger partial charge < -0.3 is 21.1 Å². The monoisotopic (exact) mass is 341 g/mol. The van der Waals surface area contributed by atoms with Crippen molar-refractivity contribution >= 4 is 46.2 Å². The summed E-state index contributed by atoms with van der Waals surface area (Å²) < 4.78 is 4.99. The van der Waals surface area contributed by atoms with Gasteiger partial charge in [0.25, 0.3) is 0 Å². The molecule has 0 aliphatic carbocycles. The molecular weight excluding hydrogens is 325 g/mol. The molecule has 1 aromatic carbocycles. The third-order valence-corrected chi connectivity index (χ3v) is 3.45. The Morgan fingerprint density at radius 3 is 2.77 bits per heavy atom. The maximum atomic E-state index is 6.12. The van der Waals surface area contributed by atoms with E-state index in [0.717, 1.165) is 6.42 Å². The molecule has 118 valence electrons. The summed E-state index contributed by atoms with van der Waals surface area (Å²) >= 11 is 12.1. The fourth-order valence-electron chi connectivity index (χ4n) is 1.78. The second-order valence-electron chi connectivity index (χ2n) is 4.51. The topological polar surface area (TPSA) is 85.1 Å². The normalized spacial score (nSPS) is 10.5. The van der Waals surface area contributed by atoms with Crippen molar-refractivity contribution in [3.63, 3.8) is 0 Å². The van der Waals surface area contributed by atoms with Crippen LogP contribution in [0.3, 0.4) is 0 Å². The summed E-state index contributed by atoms with van der Waals surface area (Å²) in [5, 5.41) is 7.30. The van der Waals surface area contributed by atoms with Crippen LogP contribution in [0, 0.1) is 0 Å². The summed E-state index contributed by atoms with van der Waals surface area (Å²) in [6.07, 6.45) is 2.28. The first-order valence-electron chi connectivity index (χ1n) is 6.67. The van der Waals surface area contributed by atoms with Gasteiger partial charge in [-0.3, -0.25) is 0 Å². The fourth-order valence-corrected chi connectivity index (χ4v) is 2.12. The van der Waals surface area contributed by atoms with Crippen LogP contribution in [0.2, 0.25) is 10.0 Å². The summed E-state index contributed by atoms with van der Waals surface area (Å²) in [5.74, 6) is 1.03. The fraction of sp³-hybridized carbons (Fsp3) is 0.286. The van der Waals surface area contributed by atoms with Crippen molar-refractivity contribution in [2.45, 2.75) is 6.42 Å². The Morgan fingerprint density at radius 2 is 2.00 bits per heavy atom. The van der Waals surface area contributed by atoms with Gasteiger partial charge >= 0.3 is 0 Å². The first kappa shape index (κ1) is 16.6. The number of hydrogen-bond donors (Lipinski definition) is 3. The number of nitrogen functional groups attached to an aromatic ring is 1. The van der Waals surface area contributed by atoms with Crippen LogP contribution in [0.25, 0.3) is 0 Å². The van der Waals surface area contributed by atoms with Gasteiger partial charge in [-0.15, -0.1) is 0 Å². The zero-order valence-corrected chi connectivity index (χ0v) is 13.6. The van der Waals surface area contributed by atoms with E-state index >= 15 is 0 Å². The largest absolute Gasteiger partial charge is 0.393 e. The molecule has 0 atom stereocenters. The van der Waals surface area contributed by atoms with E-state index in [-0.39, 0.29) is 0 Å². The van der Waals surface area contributed by atoms with Crippen LogP contribution in [-0.4, -0.2) is 30.2 Å². The molecule has 2 rings (SSSR count). The molecule has 0 saturated heterocycles. The minimum absolute atomic E-state index is 0.413. The van der Waals surface area contributed by atoms with E-state index in [4.69, 9.17) is 33.7 Å². The number of nitrogens with one attached hydrogen (secondary N) is 2. The predicted octanol–water partition coefficient (Wildman–Crippen LogP) is 3.56. The number of hydrogen-bond acceptors (Lipinski definition) is 6. The molecule has 0 saturated carbocycles. The highest BCUT2D eigenvalue weighted by atomic mass is 35.5. The average molecular weight is 342 g/mol. The van der Waals surface area contributed by atoms with E-state index in [0.29, 0.717) is 46.2 Å². The highest BCUT2D eigenvalue weighted by Gasteiger charge is 2.10. The highest BCUT2D eigenvalue weighted by molar-refractivity contribution is 6.35. The zero-order chi connectivity index (χ0) is 15.9. The maximum absolute atomic E-state index is 6.12. The van der Waals surface area contributed by atoms with E-state index in [1.807, 2.05) is 0 Å². The molecule has 1 heterocycles. The Kier molecular flexibility index (Phi) is 6.06. The van der Waals surface area contributed by atoms with Gasteiger partial charge in [0, 0.05) is 25.3 Å². The molecule has 0 radical (unpaired) electrons. The Balaban J connectivity index is 2.13. The number of benzene rings is 1. The minimum Gasteiger partial charge on any atom is -0.393 e. The predicted molar refractivity (Wildman–Crippen MR) is 91.2 cm³/mol. The molecule has 0 bridgehead atoms. The first-order chi connectivity index (χ1) is 10.6. The van der Waals surface area contributed by atoms with E-state index in [2.05, 4.69) is 20.6 Å². The lowest BCUT2D eigenvalue weighted by Crippen LogP contribution is -2.10. The van der Waals surface area contributed by atoms with Crippen LogP contribution in [-0.2, 0) is 4.74 Å². The lowest BCUT2D eigenvalue weighted by molar-refractivity contribution is 0.198. The molecule has 0 spiro atoms. The molecule has 4 N–H and O–H groups in total. The standard InChI is InChI=1S/C14H17Cl2N5O/c1-22-6-2-5-18-13-12(17)14(20-8-19-13)21-11-7-9(15)3-4-10(11)16/h3-4,7-8H,2,5-6,17H2,1H3,(H2,18,19,20,21). The number of nitrogens with two attached hydrogens (primary N) is 1. The second-order valence-corrected chi connectivity index (χ2v) is 5.35. The van der Waals surface area contributed by atoms with Crippen LogP contribution in [0.1, 0.15) is 6.42 Å². The van der Waals surface area contributed by atoms with Gasteiger partial charge in [-0.2, -0.15) is 0 Å². The lowest BCUT2D eigenvalue weighted by Gasteiger charge is -2.13. The van der Waals surface area contributed by atoms with Gasteiger partial charge in [-0.05, 0) is 24.6 Å². The van der Waals surface area contributed by atoms with Crippen molar-refractivity contribution in [3.8, 4) is 0 Å². The van der Waals surface area contributed by atoms with Crippen LogP contribution < -0.4 is 16.4 Å². The van der Waals surface area contributed by atoms with Crippen molar-refractivity contribution in [2.75, 3.05) is 36.6 Å². The summed E-state index contributed by atoms with van der Waals surface area (Å²) in [4.78, 5) is 8.27. The number of methoxy groups -OCH3 is 1. The SMILES string of the molecule is COCCCNc1ncnc(Nc2cc(Cl)ccc2Cl)c1N. The van der Waals surface area contributed by atoms with Gasteiger partial charge in [0.1, 0.15) is 12.0 Å². The van der Waals surface area contributed by atoms with E-state index in [1.165, 1.54) is 6.33 Å². The summed E-state index contributed by atoms with van der Waals surface area (Å²) in [5.41, 5.74) is 7.12. The van der Waals surface area contributed by atoms with Crippen molar-refractivity contribution in [2.24, 2.45) is 0 Å². The third-order valence-electron chi connectivity index (χ3n) is 2.88. The molecular formula is C14H17Cl2N5O. The molecule has 1 aromatic heterocycles. The Hall–Kier alpha value is -1.76. The van der Waals surface area contributed by atoms with Crippen molar-refractivity contribution in [3.05, 3.63) is 34.6 Å². The molecule has 0 amide bonds. The van der Waals surface area contributed by atoms with Gasteiger partial charge in [0.15, 0.2) is 11.6 Å². The van der Waals surface area contributed by atoms with Crippen molar-refractivity contribution in [1.29, 1.82) is 0 Å². The number of aromatic nitrogens is 2. The second kappa shape index (κ2) is 8.03. The van der Waals surface area contributed by atoms with Crippen molar-refractivity contribution in [1.82, 2.24) is 9.97 Å². The van der Waals surface area contributed by atoms with Gasteiger partial charge in [-0.25, -0.2) is 9.97 Å². The van der Waals surface area contributed by atoms with Crippen LogP contribution in [0.5, 0.6) is 0 Å². The van der Waals surface area contributed by atoms with E-state index in [1.54, 1.807) is 25.3 Å². The first-order valence-corrected chi connectivity index (χ1v) is 7.42. The molecule has 2 aromatic rings. The van der Waals surface area contributed by atoms with Gasteiger partial charge in [-0.1, -0.05) is 23.2 Å². The van der Waals surface area contributed by atoms with E-state index < -0.39 is 0 Å². The summed E-state index contributed by atoms with van der Waals surface area (Å²) in [6, 6.07) is 5.12. The molecule has 0 aliphatic heterocycles. The molecule has 0 fully saturated rings. The van der Waals surface area contributed by atoms with Gasteiger partial charge in [0.2, 0.25) is 0 Å². The molecule has 22 heavy (non-hydrogen) atoms. The molecule has 6 nitrogen and oxygen atoms in total. The minimum atomic E-state index is 0.413. The Morgan fingerprint density at radius 1 is 1.23 bits per heavy atom. The molecule has 8 heteroatoms. The molecule has 0 unspecified atom stereocenters. The van der Waals surface area contributed by atoms with Crippen LogP contribution in [0.15, 0.2) is 24.5 Å². The van der Waals surface area contributed by atoms with Crippen LogP contribution in [0.4, 0.5) is 23.0 Å².